The molecule has 26 heavy (non-hydrogen) atoms. The number of para-hydroxylation sites is 1. The topological polar surface area (TPSA) is 76.9 Å². The van der Waals surface area contributed by atoms with Gasteiger partial charge in [-0.05, 0) is 31.5 Å². The second kappa shape index (κ2) is 6.52. The molecular formula is C16H13F3N4O2S. The number of aromatic nitrogens is 3. The molecule has 3 rings (SSSR count). The normalized spacial score (nSPS) is 13.0. The lowest BCUT2D eigenvalue weighted by atomic mass is 10.2. The summed E-state index contributed by atoms with van der Waals surface area (Å²) in [7, 11) is 0. The predicted molar refractivity (Wildman–Crippen MR) is 91.2 cm³/mol. The number of thiazole rings is 1. The molecule has 2 heterocycles. The molecule has 0 saturated carbocycles. The lowest BCUT2D eigenvalue weighted by Gasteiger charge is -2.14. The number of halogens is 3. The summed E-state index contributed by atoms with van der Waals surface area (Å²) in [6.45, 7) is 3.17. The fraction of sp³-hybridized carbons (Fsp3) is 0.250. The van der Waals surface area contributed by atoms with Gasteiger partial charge in [-0.2, -0.15) is 18.3 Å². The van der Waals surface area contributed by atoms with Gasteiger partial charge < -0.3 is 5.32 Å². The number of alkyl halides is 3. The number of fused-ring (bicyclic) bond motifs is 1. The van der Waals surface area contributed by atoms with Gasteiger partial charge in [0.05, 0.1) is 10.2 Å². The Morgan fingerprint density at radius 2 is 2.00 bits per heavy atom. The van der Waals surface area contributed by atoms with Gasteiger partial charge in [0.1, 0.15) is 6.04 Å². The number of benzene rings is 1. The van der Waals surface area contributed by atoms with Crippen molar-refractivity contribution in [3.8, 4) is 0 Å². The van der Waals surface area contributed by atoms with Crippen LogP contribution in [-0.2, 0) is 11.0 Å². The van der Waals surface area contributed by atoms with Crippen LogP contribution >= 0.6 is 11.3 Å². The minimum absolute atomic E-state index is 0.297. The van der Waals surface area contributed by atoms with Gasteiger partial charge in [0, 0.05) is 6.07 Å². The van der Waals surface area contributed by atoms with Crippen LogP contribution in [0.3, 0.4) is 0 Å². The number of nitrogens with zero attached hydrogens (tertiary/aromatic N) is 3. The van der Waals surface area contributed by atoms with E-state index in [1.54, 1.807) is 0 Å². The molecular weight excluding hydrogens is 369 g/mol. The van der Waals surface area contributed by atoms with Crippen molar-refractivity contribution in [2.24, 2.45) is 0 Å². The summed E-state index contributed by atoms with van der Waals surface area (Å²) in [5, 5.41) is 6.09. The Morgan fingerprint density at radius 1 is 1.27 bits per heavy atom. The van der Waals surface area contributed by atoms with Gasteiger partial charge in [-0.3, -0.25) is 9.59 Å². The first kappa shape index (κ1) is 18.1. The van der Waals surface area contributed by atoms with Crippen molar-refractivity contribution in [1.29, 1.82) is 0 Å². The summed E-state index contributed by atoms with van der Waals surface area (Å²) < 4.78 is 39.7. The lowest BCUT2D eigenvalue weighted by molar-refractivity contribution is -0.142. The summed E-state index contributed by atoms with van der Waals surface area (Å²) in [4.78, 5) is 28.5. The van der Waals surface area contributed by atoms with Crippen LogP contribution in [-0.4, -0.2) is 20.7 Å². The molecule has 1 unspecified atom stereocenters. The maximum atomic E-state index is 12.8. The monoisotopic (exact) mass is 382 g/mol. The smallest absolute Gasteiger partial charge is 0.300 e. The largest absolute Gasteiger partial charge is 0.435 e. The van der Waals surface area contributed by atoms with E-state index in [1.807, 2.05) is 25.1 Å². The first-order chi connectivity index (χ1) is 12.2. The van der Waals surface area contributed by atoms with Gasteiger partial charge in [0.15, 0.2) is 10.8 Å². The second-order valence-corrected chi connectivity index (χ2v) is 6.64. The first-order valence-corrected chi connectivity index (χ1v) is 8.32. The molecule has 1 atom stereocenters. The molecule has 1 aromatic carbocycles. The summed E-state index contributed by atoms with van der Waals surface area (Å²) in [6.07, 6.45) is -4.71. The number of hydrogen-bond acceptors (Lipinski definition) is 5. The number of aryl methyl sites for hydroxylation is 1. The number of carbonyl (C=O) groups is 1. The highest BCUT2D eigenvalue weighted by atomic mass is 32.1. The molecule has 0 spiro atoms. The zero-order chi connectivity index (χ0) is 19.1. The van der Waals surface area contributed by atoms with E-state index in [-0.39, 0.29) is 0 Å². The molecule has 3 aromatic rings. The van der Waals surface area contributed by atoms with Crippen LogP contribution in [0.4, 0.5) is 18.3 Å². The fourth-order valence-corrected chi connectivity index (χ4v) is 3.26. The second-order valence-electron chi connectivity index (χ2n) is 5.61. The third kappa shape index (κ3) is 3.45. The van der Waals surface area contributed by atoms with Crippen molar-refractivity contribution in [2.75, 3.05) is 5.32 Å². The van der Waals surface area contributed by atoms with E-state index < -0.39 is 29.4 Å². The van der Waals surface area contributed by atoms with Crippen LogP contribution in [0.5, 0.6) is 0 Å². The zero-order valence-corrected chi connectivity index (χ0v) is 14.5. The molecule has 0 aliphatic rings. The average Bonchev–Trinajstić information content (AvgIpc) is 2.97. The molecule has 1 amide bonds. The third-order valence-corrected chi connectivity index (χ3v) is 4.65. The van der Waals surface area contributed by atoms with E-state index in [4.69, 9.17) is 0 Å². The molecule has 0 saturated heterocycles. The average molecular weight is 382 g/mol. The predicted octanol–water partition coefficient (Wildman–Crippen LogP) is 3.38. The molecule has 0 aliphatic carbocycles. The van der Waals surface area contributed by atoms with E-state index in [0.29, 0.717) is 15.9 Å². The Morgan fingerprint density at radius 3 is 2.65 bits per heavy atom. The van der Waals surface area contributed by atoms with Crippen molar-refractivity contribution in [2.45, 2.75) is 26.1 Å². The lowest BCUT2D eigenvalue weighted by Crippen LogP contribution is -2.34. The molecule has 10 heteroatoms. The Labute approximate surface area is 149 Å². The van der Waals surface area contributed by atoms with Crippen molar-refractivity contribution in [3.05, 3.63) is 51.9 Å². The summed E-state index contributed by atoms with van der Waals surface area (Å²) in [5.74, 6) is -0.685. The van der Waals surface area contributed by atoms with E-state index in [0.717, 1.165) is 21.8 Å². The van der Waals surface area contributed by atoms with Crippen molar-refractivity contribution in [3.63, 3.8) is 0 Å². The number of hydrogen-bond donors (Lipinski definition) is 1. The minimum atomic E-state index is -4.71. The summed E-state index contributed by atoms with van der Waals surface area (Å²) >= 11 is 1.23. The third-order valence-electron chi connectivity index (χ3n) is 3.71. The molecule has 6 nitrogen and oxygen atoms in total. The van der Waals surface area contributed by atoms with Crippen molar-refractivity contribution >= 4 is 32.6 Å². The van der Waals surface area contributed by atoms with Crippen LogP contribution in [0.2, 0.25) is 0 Å². The maximum absolute atomic E-state index is 12.8. The number of nitrogens with one attached hydrogen (secondary N) is 1. The highest BCUT2D eigenvalue weighted by Gasteiger charge is 2.34. The van der Waals surface area contributed by atoms with Crippen molar-refractivity contribution in [1.82, 2.24) is 14.8 Å². The Hall–Kier alpha value is -2.75. The highest BCUT2D eigenvalue weighted by Crippen LogP contribution is 2.29. The molecule has 0 aliphatic heterocycles. The van der Waals surface area contributed by atoms with Crippen LogP contribution in [0.25, 0.3) is 10.2 Å². The molecule has 1 N–H and O–H groups in total. The summed E-state index contributed by atoms with van der Waals surface area (Å²) in [6, 6.07) is 5.66. The van der Waals surface area contributed by atoms with Crippen LogP contribution < -0.4 is 10.9 Å². The Kier molecular flexibility index (Phi) is 4.53. The number of amides is 1. The van der Waals surface area contributed by atoms with E-state index in [1.165, 1.54) is 18.3 Å². The van der Waals surface area contributed by atoms with Gasteiger partial charge in [-0.15, -0.1) is 0 Å². The van der Waals surface area contributed by atoms with Gasteiger partial charge >= 0.3 is 6.18 Å². The maximum Gasteiger partial charge on any atom is 0.435 e. The SMILES string of the molecule is Cc1cccc2sc(NC(=O)C(C)n3nc(C(F)(F)F)ccc3=O)nc12. The minimum Gasteiger partial charge on any atom is -0.300 e. The van der Waals surface area contributed by atoms with Crippen LogP contribution in [0, 0.1) is 6.92 Å². The van der Waals surface area contributed by atoms with Crippen LogP contribution in [0.15, 0.2) is 35.1 Å². The molecule has 0 fully saturated rings. The Balaban J connectivity index is 1.87. The van der Waals surface area contributed by atoms with E-state index >= 15 is 0 Å². The zero-order valence-electron chi connectivity index (χ0n) is 13.7. The molecule has 2 aromatic heterocycles. The quantitative estimate of drug-likeness (QED) is 0.753. The van der Waals surface area contributed by atoms with Crippen LogP contribution in [0.1, 0.15) is 24.2 Å². The molecule has 136 valence electrons. The number of carbonyl (C=O) groups excluding carboxylic acids is 1. The first-order valence-electron chi connectivity index (χ1n) is 7.51. The van der Waals surface area contributed by atoms with Gasteiger partial charge in [-0.25, -0.2) is 9.67 Å². The van der Waals surface area contributed by atoms with E-state index in [9.17, 15) is 22.8 Å². The fourth-order valence-electron chi connectivity index (χ4n) is 2.31. The molecule has 0 bridgehead atoms. The Bertz CT molecular complexity index is 1040. The summed E-state index contributed by atoms with van der Waals surface area (Å²) in [5.41, 5.74) is -0.383. The highest BCUT2D eigenvalue weighted by molar-refractivity contribution is 7.22. The van der Waals surface area contributed by atoms with E-state index in [2.05, 4.69) is 15.4 Å². The van der Waals surface area contributed by atoms with Crippen molar-refractivity contribution < 1.29 is 18.0 Å². The van der Waals surface area contributed by atoms with Gasteiger partial charge in [0.25, 0.3) is 11.5 Å². The van der Waals surface area contributed by atoms with Gasteiger partial charge in [-0.1, -0.05) is 23.5 Å². The van der Waals surface area contributed by atoms with Gasteiger partial charge in [0.2, 0.25) is 0 Å². The molecule has 0 radical (unpaired) electrons. The number of rotatable bonds is 3. The standard InChI is InChI=1S/C16H13F3N4O2S/c1-8-4-3-5-10-13(8)20-15(26-10)21-14(25)9(2)23-12(24)7-6-11(22-23)16(17,18)19/h3-7,9H,1-2H3,(H,20,21,25). The number of anilines is 1.